The molecule has 1 amide bonds. The van der Waals surface area contributed by atoms with Crippen molar-refractivity contribution in [1.29, 1.82) is 0 Å². The number of nitrogens with zero attached hydrogens (tertiary/aromatic N) is 1. The highest BCUT2D eigenvalue weighted by atomic mass is 127. The number of hydrogen-bond donors (Lipinski definition) is 1. The number of pyridine rings is 1. The molecular weight excluding hydrogens is 343 g/mol. The number of nitrogens with one attached hydrogen (secondary N) is 1. The van der Waals surface area contributed by atoms with Crippen LogP contribution in [0.5, 0.6) is 0 Å². The van der Waals surface area contributed by atoms with Gasteiger partial charge in [0, 0.05) is 28.4 Å². The first-order valence-electron chi connectivity index (χ1n) is 5.30. The SMILES string of the molecule is Cn1cc(NC(=O)c2ccc(I)cc2)ccc1=O. The number of rotatable bonds is 2. The van der Waals surface area contributed by atoms with Gasteiger partial charge in [0.1, 0.15) is 0 Å². The molecule has 0 unspecified atom stereocenters. The third kappa shape index (κ3) is 2.98. The highest BCUT2D eigenvalue weighted by Gasteiger charge is 2.06. The summed E-state index contributed by atoms with van der Waals surface area (Å²) >= 11 is 2.18. The number of halogens is 1. The maximum absolute atomic E-state index is 11.9. The Kier molecular flexibility index (Phi) is 3.81. The smallest absolute Gasteiger partial charge is 0.255 e. The first-order chi connectivity index (χ1) is 8.56. The number of aryl methyl sites for hydroxylation is 1. The predicted molar refractivity (Wildman–Crippen MR) is 78.8 cm³/mol. The molecule has 0 aliphatic rings. The van der Waals surface area contributed by atoms with Gasteiger partial charge in [0.25, 0.3) is 5.91 Å². The van der Waals surface area contributed by atoms with Crippen LogP contribution in [0.3, 0.4) is 0 Å². The Balaban J connectivity index is 2.18. The molecule has 0 saturated heterocycles. The summed E-state index contributed by atoms with van der Waals surface area (Å²) in [5.74, 6) is -0.190. The van der Waals surface area contributed by atoms with Gasteiger partial charge >= 0.3 is 0 Å². The van der Waals surface area contributed by atoms with Crippen molar-refractivity contribution in [1.82, 2.24) is 4.57 Å². The lowest BCUT2D eigenvalue weighted by Crippen LogP contribution is -2.17. The summed E-state index contributed by atoms with van der Waals surface area (Å²) in [7, 11) is 1.64. The standard InChI is InChI=1S/C13H11IN2O2/c1-16-8-11(6-7-12(16)17)15-13(18)9-2-4-10(14)5-3-9/h2-8H,1H3,(H,15,18). The number of carbonyl (C=O) groups excluding carboxylic acids is 1. The summed E-state index contributed by atoms with van der Waals surface area (Å²) in [6.07, 6.45) is 1.59. The second-order valence-electron chi connectivity index (χ2n) is 3.83. The average Bonchev–Trinajstić information content (AvgIpc) is 2.34. The van der Waals surface area contributed by atoms with Crippen molar-refractivity contribution in [2.45, 2.75) is 0 Å². The summed E-state index contributed by atoms with van der Waals surface area (Å²) in [5.41, 5.74) is 1.08. The van der Waals surface area contributed by atoms with Crippen LogP contribution < -0.4 is 10.9 Å². The van der Waals surface area contributed by atoms with E-state index in [1.54, 1.807) is 31.4 Å². The first kappa shape index (κ1) is 12.8. The minimum Gasteiger partial charge on any atom is -0.321 e. The molecule has 1 heterocycles. The van der Waals surface area contributed by atoms with Crippen molar-refractivity contribution in [3.63, 3.8) is 0 Å². The molecule has 0 aliphatic heterocycles. The summed E-state index contributed by atoms with van der Waals surface area (Å²) in [6, 6.07) is 10.3. The fraction of sp³-hybridized carbons (Fsp3) is 0.0769. The highest BCUT2D eigenvalue weighted by molar-refractivity contribution is 14.1. The zero-order valence-corrected chi connectivity index (χ0v) is 11.8. The van der Waals surface area contributed by atoms with Gasteiger partial charge in [0.15, 0.2) is 0 Å². The highest BCUT2D eigenvalue weighted by Crippen LogP contribution is 2.10. The molecule has 5 heteroatoms. The first-order valence-corrected chi connectivity index (χ1v) is 6.38. The molecule has 1 aromatic heterocycles. The van der Waals surface area contributed by atoms with E-state index in [0.717, 1.165) is 3.57 Å². The lowest BCUT2D eigenvalue weighted by atomic mass is 10.2. The van der Waals surface area contributed by atoms with Crippen molar-refractivity contribution >= 4 is 34.2 Å². The molecule has 92 valence electrons. The Morgan fingerprint density at radius 1 is 1.17 bits per heavy atom. The Hall–Kier alpha value is -1.63. The van der Waals surface area contributed by atoms with Gasteiger partial charge in [-0.1, -0.05) is 0 Å². The van der Waals surface area contributed by atoms with Gasteiger partial charge < -0.3 is 9.88 Å². The molecule has 0 spiro atoms. The Morgan fingerprint density at radius 3 is 2.44 bits per heavy atom. The zero-order valence-electron chi connectivity index (χ0n) is 9.68. The topological polar surface area (TPSA) is 51.1 Å². The van der Waals surface area contributed by atoms with Gasteiger partial charge in [-0.05, 0) is 52.9 Å². The average molecular weight is 354 g/mol. The van der Waals surface area contributed by atoms with Crippen LogP contribution in [0.1, 0.15) is 10.4 Å². The number of carbonyl (C=O) groups is 1. The summed E-state index contributed by atoms with van der Waals surface area (Å²) in [6.45, 7) is 0. The van der Waals surface area contributed by atoms with Crippen LogP contribution >= 0.6 is 22.6 Å². The van der Waals surface area contributed by atoms with Gasteiger partial charge in [0.2, 0.25) is 5.56 Å². The molecule has 0 atom stereocenters. The van der Waals surface area contributed by atoms with E-state index in [1.807, 2.05) is 12.1 Å². The number of anilines is 1. The fourth-order valence-corrected chi connectivity index (χ4v) is 1.83. The number of hydrogen-bond acceptors (Lipinski definition) is 2. The van der Waals surface area contributed by atoms with Crippen molar-refractivity contribution in [2.75, 3.05) is 5.32 Å². The second-order valence-corrected chi connectivity index (χ2v) is 5.07. The van der Waals surface area contributed by atoms with Crippen molar-refractivity contribution in [2.24, 2.45) is 7.05 Å². The van der Waals surface area contributed by atoms with Crippen LogP contribution in [-0.2, 0) is 7.05 Å². The molecule has 2 aromatic rings. The molecule has 4 nitrogen and oxygen atoms in total. The molecule has 1 N–H and O–H groups in total. The minimum absolute atomic E-state index is 0.109. The van der Waals surface area contributed by atoms with E-state index in [4.69, 9.17) is 0 Å². The number of aromatic nitrogens is 1. The lowest BCUT2D eigenvalue weighted by Gasteiger charge is -2.06. The van der Waals surface area contributed by atoms with E-state index >= 15 is 0 Å². The Labute approximate surface area is 118 Å². The molecule has 0 bridgehead atoms. The monoisotopic (exact) mass is 354 g/mol. The summed E-state index contributed by atoms with van der Waals surface area (Å²) < 4.78 is 2.50. The maximum atomic E-state index is 11.9. The largest absolute Gasteiger partial charge is 0.321 e. The number of benzene rings is 1. The summed E-state index contributed by atoms with van der Waals surface area (Å²) in [5, 5.41) is 2.74. The normalized spacial score (nSPS) is 10.1. The number of amides is 1. The van der Waals surface area contributed by atoms with E-state index in [0.29, 0.717) is 11.3 Å². The van der Waals surface area contributed by atoms with Gasteiger partial charge in [-0.3, -0.25) is 9.59 Å². The maximum Gasteiger partial charge on any atom is 0.255 e. The molecule has 18 heavy (non-hydrogen) atoms. The van der Waals surface area contributed by atoms with Gasteiger partial charge in [-0.25, -0.2) is 0 Å². The Morgan fingerprint density at radius 2 is 1.83 bits per heavy atom. The van der Waals surface area contributed by atoms with Crippen molar-refractivity contribution < 1.29 is 4.79 Å². The summed E-state index contributed by atoms with van der Waals surface area (Å²) in [4.78, 5) is 23.1. The van der Waals surface area contributed by atoms with E-state index in [9.17, 15) is 9.59 Å². The van der Waals surface area contributed by atoms with Crippen LogP contribution in [0.4, 0.5) is 5.69 Å². The zero-order chi connectivity index (χ0) is 13.1. The molecule has 0 aliphatic carbocycles. The third-order valence-corrected chi connectivity index (χ3v) is 3.17. The minimum atomic E-state index is -0.190. The molecule has 0 radical (unpaired) electrons. The molecule has 1 aromatic carbocycles. The van der Waals surface area contributed by atoms with Crippen molar-refractivity contribution in [3.8, 4) is 0 Å². The van der Waals surface area contributed by atoms with E-state index in [-0.39, 0.29) is 11.5 Å². The predicted octanol–water partition coefficient (Wildman–Crippen LogP) is 2.24. The van der Waals surface area contributed by atoms with Crippen LogP contribution in [0.25, 0.3) is 0 Å². The fourth-order valence-electron chi connectivity index (χ4n) is 1.47. The molecular formula is C13H11IN2O2. The second kappa shape index (κ2) is 5.34. The van der Waals surface area contributed by atoms with Gasteiger partial charge in [-0.2, -0.15) is 0 Å². The van der Waals surface area contributed by atoms with Crippen LogP contribution in [0, 0.1) is 3.57 Å². The van der Waals surface area contributed by atoms with Crippen LogP contribution in [0.15, 0.2) is 47.4 Å². The lowest BCUT2D eigenvalue weighted by molar-refractivity contribution is 0.102. The van der Waals surface area contributed by atoms with Crippen LogP contribution in [0.2, 0.25) is 0 Å². The van der Waals surface area contributed by atoms with Gasteiger partial charge in [0.05, 0.1) is 5.69 Å². The Bertz CT molecular complexity index is 632. The van der Waals surface area contributed by atoms with Crippen LogP contribution in [-0.4, -0.2) is 10.5 Å². The molecule has 2 rings (SSSR count). The molecule has 0 fully saturated rings. The van der Waals surface area contributed by atoms with E-state index in [1.165, 1.54) is 10.6 Å². The third-order valence-electron chi connectivity index (χ3n) is 2.45. The van der Waals surface area contributed by atoms with Crippen molar-refractivity contribution in [3.05, 3.63) is 62.1 Å². The van der Waals surface area contributed by atoms with E-state index in [2.05, 4.69) is 27.9 Å². The quantitative estimate of drug-likeness (QED) is 0.841. The van der Waals surface area contributed by atoms with E-state index < -0.39 is 0 Å². The molecule has 0 saturated carbocycles. The van der Waals surface area contributed by atoms with Gasteiger partial charge in [-0.15, -0.1) is 0 Å².